The summed E-state index contributed by atoms with van der Waals surface area (Å²) in [6.45, 7) is 0. The predicted octanol–water partition coefficient (Wildman–Crippen LogP) is 2.40. The van der Waals surface area contributed by atoms with Gasteiger partial charge in [-0.25, -0.2) is 4.98 Å². The van der Waals surface area contributed by atoms with Crippen LogP contribution in [0.4, 0.5) is 5.69 Å². The fourth-order valence-corrected chi connectivity index (χ4v) is 2.69. The monoisotopic (exact) mass is 240 g/mol. The van der Waals surface area contributed by atoms with Gasteiger partial charge in [0.2, 0.25) is 0 Å². The third kappa shape index (κ3) is 1.52. The van der Waals surface area contributed by atoms with Crippen molar-refractivity contribution in [1.29, 1.82) is 0 Å². The summed E-state index contributed by atoms with van der Waals surface area (Å²) < 4.78 is 1.94. The van der Waals surface area contributed by atoms with Crippen molar-refractivity contribution in [3.05, 3.63) is 41.5 Å². The van der Waals surface area contributed by atoms with E-state index < -0.39 is 0 Å². The number of rotatable bonds is 2. The maximum absolute atomic E-state index is 4.73. The van der Waals surface area contributed by atoms with E-state index in [0.717, 1.165) is 18.1 Å². The van der Waals surface area contributed by atoms with Crippen molar-refractivity contribution >= 4 is 5.69 Å². The van der Waals surface area contributed by atoms with Crippen molar-refractivity contribution in [2.45, 2.75) is 31.2 Å². The SMILES string of the molecule is Cn1nc(C2CC2)nc1C1Cc2ccccc2N1. The largest absolute Gasteiger partial charge is 0.375 e. The van der Waals surface area contributed by atoms with E-state index in [0.29, 0.717) is 5.92 Å². The van der Waals surface area contributed by atoms with Crippen LogP contribution in [-0.2, 0) is 13.5 Å². The molecule has 0 bridgehead atoms. The standard InChI is InChI=1S/C14H16N4/c1-18-14(16-13(17-18)9-6-7-9)12-8-10-4-2-3-5-11(10)15-12/h2-5,9,12,15H,6-8H2,1H3. The second-order valence-corrected chi connectivity index (χ2v) is 5.28. The molecule has 0 saturated heterocycles. The average molecular weight is 240 g/mol. The summed E-state index contributed by atoms with van der Waals surface area (Å²) in [6, 6.07) is 8.75. The maximum atomic E-state index is 4.73. The lowest BCUT2D eigenvalue weighted by Gasteiger charge is -2.09. The van der Waals surface area contributed by atoms with Crippen molar-refractivity contribution in [3.8, 4) is 0 Å². The van der Waals surface area contributed by atoms with Gasteiger partial charge in [-0.3, -0.25) is 4.68 Å². The van der Waals surface area contributed by atoms with Gasteiger partial charge in [-0.15, -0.1) is 0 Å². The minimum Gasteiger partial charge on any atom is -0.375 e. The highest BCUT2D eigenvalue weighted by Crippen LogP contribution is 2.39. The van der Waals surface area contributed by atoms with Gasteiger partial charge in [0.05, 0.1) is 6.04 Å². The Morgan fingerprint density at radius 3 is 2.89 bits per heavy atom. The van der Waals surface area contributed by atoms with Crippen LogP contribution in [0.3, 0.4) is 0 Å². The van der Waals surface area contributed by atoms with Crippen molar-refractivity contribution in [2.75, 3.05) is 5.32 Å². The Morgan fingerprint density at radius 2 is 2.11 bits per heavy atom. The molecular formula is C14H16N4. The topological polar surface area (TPSA) is 42.7 Å². The van der Waals surface area contributed by atoms with Gasteiger partial charge in [0.25, 0.3) is 0 Å². The molecule has 1 unspecified atom stereocenters. The molecule has 92 valence electrons. The number of para-hydroxylation sites is 1. The summed E-state index contributed by atoms with van der Waals surface area (Å²) in [5, 5.41) is 8.09. The van der Waals surface area contributed by atoms with E-state index in [1.54, 1.807) is 0 Å². The second-order valence-electron chi connectivity index (χ2n) is 5.28. The van der Waals surface area contributed by atoms with Crippen LogP contribution in [0.1, 0.15) is 42.0 Å². The summed E-state index contributed by atoms with van der Waals surface area (Å²) in [4.78, 5) is 4.73. The Balaban J connectivity index is 1.65. The quantitative estimate of drug-likeness (QED) is 0.876. The molecule has 1 saturated carbocycles. The highest BCUT2D eigenvalue weighted by molar-refractivity contribution is 5.57. The zero-order valence-electron chi connectivity index (χ0n) is 10.4. The van der Waals surface area contributed by atoms with E-state index in [1.165, 1.54) is 24.1 Å². The first-order chi connectivity index (χ1) is 8.81. The van der Waals surface area contributed by atoms with Crippen molar-refractivity contribution in [2.24, 2.45) is 7.05 Å². The van der Waals surface area contributed by atoms with E-state index in [1.807, 2.05) is 11.7 Å². The van der Waals surface area contributed by atoms with Gasteiger partial charge < -0.3 is 5.32 Å². The van der Waals surface area contributed by atoms with Gasteiger partial charge in [0.15, 0.2) is 5.82 Å². The van der Waals surface area contributed by atoms with Gasteiger partial charge in [-0.2, -0.15) is 5.10 Å². The first kappa shape index (κ1) is 10.1. The molecule has 2 aromatic rings. The molecule has 4 nitrogen and oxygen atoms in total. The fraction of sp³-hybridized carbons (Fsp3) is 0.429. The molecule has 1 aromatic carbocycles. The van der Waals surface area contributed by atoms with Crippen LogP contribution in [0.15, 0.2) is 24.3 Å². The van der Waals surface area contributed by atoms with Crippen molar-refractivity contribution < 1.29 is 0 Å². The predicted molar refractivity (Wildman–Crippen MR) is 69.5 cm³/mol. The second kappa shape index (κ2) is 3.57. The van der Waals surface area contributed by atoms with E-state index in [4.69, 9.17) is 4.98 Å². The Labute approximate surface area is 106 Å². The summed E-state index contributed by atoms with van der Waals surface area (Å²) in [5.74, 6) is 2.71. The average Bonchev–Trinajstić information content (AvgIpc) is 3.01. The minimum absolute atomic E-state index is 0.271. The van der Waals surface area contributed by atoms with E-state index >= 15 is 0 Å². The highest BCUT2D eigenvalue weighted by atomic mass is 15.3. The van der Waals surface area contributed by atoms with Crippen LogP contribution in [-0.4, -0.2) is 14.8 Å². The van der Waals surface area contributed by atoms with Gasteiger partial charge in [0, 0.05) is 25.1 Å². The Morgan fingerprint density at radius 1 is 1.28 bits per heavy atom. The van der Waals surface area contributed by atoms with Gasteiger partial charge in [-0.05, 0) is 24.5 Å². The first-order valence-corrected chi connectivity index (χ1v) is 6.56. The molecule has 1 N–H and O–H groups in total. The lowest BCUT2D eigenvalue weighted by Crippen LogP contribution is -2.12. The van der Waals surface area contributed by atoms with E-state index in [2.05, 4.69) is 34.7 Å². The van der Waals surface area contributed by atoms with Crippen LogP contribution in [0.2, 0.25) is 0 Å². The highest BCUT2D eigenvalue weighted by Gasteiger charge is 2.31. The number of fused-ring (bicyclic) bond motifs is 1. The van der Waals surface area contributed by atoms with Crippen LogP contribution in [0.25, 0.3) is 0 Å². The zero-order chi connectivity index (χ0) is 12.1. The molecule has 1 aliphatic carbocycles. The van der Waals surface area contributed by atoms with E-state index in [-0.39, 0.29) is 6.04 Å². The lowest BCUT2D eigenvalue weighted by atomic mass is 10.1. The minimum atomic E-state index is 0.271. The molecule has 0 radical (unpaired) electrons. The molecule has 1 aromatic heterocycles. The first-order valence-electron chi connectivity index (χ1n) is 6.56. The number of benzene rings is 1. The number of aryl methyl sites for hydroxylation is 1. The number of nitrogens with one attached hydrogen (secondary N) is 1. The number of nitrogens with zero attached hydrogens (tertiary/aromatic N) is 3. The van der Waals surface area contributed by atoms with Gasteiger partial charge >= 0.3 is 0 Å². The third-order valence-corrected chi connectivity index (χ3v) is 3.84. The molecule has 0 spiro atoms. The van der Waals surface area contributed by atoms with Gasteiger partial charge in [0.1, 0.15) is 5.82 Å². The molecular weight excluding hydrogens is 224 g/mol. The smallest absolute Gasteiger partial charge is 0.154 e. The van der Waals surface area contributed by atoms with Crippen LogP contribution in [0.5, 0.6) is 0 Å². The number of hydrogen-bond donors (Lipinski definition) is 1. The lowest BCUT2D eigenvalue weighted by molar-refractivity contribution is 0.643. The number of hydrogen-bond acceptors (Lipinski definition) is 3. The molecule has 2 heterocycles. The Bertz CT molecular complexity index is 573. The third-order valence-electron chi connectivity index (χ3n) is 3.84. The summed E-state index contributed by atoms with van der Waals surface area (Å²) in [6.07, 6.45) is 3.51. The molecule has 0 amide bonds. The number of aromatic nitrogens is 3. The molecule has 1 aliphatic heterocycles. The summed E-state index contributed by atoms with van der Waals surface area (Å²) in [7, 11) is 2.00. The Kier molecular flexibility index (Phi) is 2.01. The van der Waals surface area contributed by atoms with Crippen LogP contribution < -0.4 is 5.32 Å². The molecule has 2 aliphatic rings. The molecule has 1 atom stereocenters. The maximum Gasteiger partial charge on any atom is 0.154 e. The molecule has 18 heavy (non-hydrogen) atoms. The fourth-order valence-electron chi connectivity index (χ4n) is 2.69. The number of anilines is 1. The van der Waals surface area contributed by atoms with Gasteiger partial charge in [-0.1, -0.05) is 18.2 Å². The zero-order valence-corrected chi connectivity index (χ0v) is 10.4. The molecule has 1 fully saturated rings. The Hall–Kier alpha value is -1.84. The van der Waals surface area contributed by atoms with E-state index in [9.17, 15) is 0 Å². The van der Waals surface area contributed by atoms with Crippen molar-refractivity contribution in [1.82, 2.24) is 14.8 Å². The van der Waals surface area contributed by atoms with Crippen molar-refractivity contribution in [3.63, 3.8) is 0 Å². The molecule has 4 rings (SSSR count). The van der Waals surface area contributed by atoms with Crippen LogP contribution >= 0.6 is 0 Å². The summed E-state index contributed by atoms with van der Waals surface area (Å²) >= 11 is 0. The molecule has 4 heteroatoms. The van der Waals surface area contributed by atoms with Crippen LogP contribution in [0, 0.1) is 0 Å². The summed E-state index contributed by atoms with van der Waals surface area (Å²) in [5.41, 5.74) is 2.61. The normalized spacial score (nSPS) is 21.7.